The predicted molar refractivity (Wildman–Crippen MR) is 55.4 cm³/mol. The monoisotopic (exact) mass is 217 g/mol. The van der Waals surface area contributed by atoms with Gasteiger partial charge in [0.15, 0.2) is 11.6 Å². The van der Waals surface area contributed by atoms with Crippen LogP contribution in [0.5, 0.6) is 5.75 Å². The van der Waals surface area contributed by atoms with E-state index < -0.39 is 0 Å². The minimum absolute atomic E-state index is 0. The molecule has 1 aliphatic rings. The Morgan fingerprint density at radius 2 is 2.21 bits per heavy atom. The van der Waals surface area contributed by atoms with Gasteiger partial charge in [-0.2, -0.15) is 0 Å². The van der Waals surface area contributed by atoms with Crippen LogP contribution in [-0.2, 0) is 0 Å². The topological polar surface area (TPSA) is 35.2 Å². The van der Waals surface area contributed by atoms with Crippen LogP contribution in [0, 0.1) is 12.7 Å². The van der Waals surface area contributed by atoms with E-state index >= 15 is 0 Å². The number of ether oxygens (including phenoxy) is 1. The van der Waals surface area contributed by atoms with Gasteiger partial charge in [0.25, 0.3) is 0 Å². The summed E-state index contributed by atoms with van der Waals surface area (Å²) in [4.78, 5) is 0. The Morgan fingerprint density at radius 1 is 1.50 bits per heavy atom. The van der Waals surface area contributed by atoms with Crippen molar-refractivity contribution < 1.29 is 9.13 Å². The van der Waals surface area contributed by atoms with E-state index in [0.717, 1.165) is 17.5 Å². The van der Waals surface area contributed by atoms with E-state index in [4.69, 9.17) is 10.5 Å². The van der Waals surface area contributed by atoms with Crippen molar-refractivity contribution in [2.75, 3.05) is 6.61 Å². The number of fused-ring (bicyclic) bond motifs is 1. The zero-order valence-electron chi connectivity index (χ0n) is 7.92. The molecule has 0 bridgehead atoms. The van der Waals surface area contributed by atoms with E-state index in [1.807, 2.05) is 13.0 Å². The average Bonchev–Trinajstić information content (AvgIpc) is 2.07. The molecule has 0 radical (unpaired) electrons. The van der Waals surface area contributed by atoms with Crippen LogP contribution in [0.4, 0.5) is 4.39 Å². The van der Waals surface area contributed by atoms with Crippen molar-refractivity contribution in [1.29, 1.82) is 0 Å². The second-order valence-corrected chi connectivity index (χ2v) is 3.41. The van der Waals surface area contributed by atoms with Crippen LogP contribution in [0.25, 0.3) is 0 Å². The van der Waals surface area contributed by atoms with E-state index in [0.29, 0.717) is 12.4 Å². The summed E-state index contributed by atoms with van der Waals surface area (Å²) in [5.74, 6) is 0.0366. The number of rotatable bonds is 0. The van der Waals surface area contributed by atoms with Gasteiger partial charge < -0.3 is 10.5 Å². The van der Waals surface area contributed by atoms with Crippen molar-refractivity contribution in [2.45, 2.75) is 19.4 Å². The molecule has 0 aromatic heterocycles. The second kappa shape index (κ2) is 4.15. The van der Waals surface area contributed by atoms with Crippen molar-refractivity contribution in [1.82, 2.24) is 0 Å². The van der Waals surface area contributed by atoms with Gasteiger partial charge in [0.2, 0.25) is 0 Å². The Hall–Kier alpha value is -0.800. The average molecular weight is 218 g/mol. The quantitative estimate of drug-likeness (QED) is 0.724. The van der Waals surface area contributed by atoms with Crippen molar-refractivity contribution in [3.8, 4) is 5.75 Å². The lowest BCUT2D eigenvalue weighted by molar-refractivity contribution is 0.255. The summed E-state index contributed by atoms with van der Waals surface area (Å²) in [6.45, 7) is 2.36. The molecule has 1 aromatic rings. The highest BCUT2D eigenvalue weighted by Gasteiger charge is 2.21. The van der Waals surface area contributed by atoms with Crippen LogP contribution in [-0.4, -0.2) is 6.61 Å². The Bertz CT molecular complexity index is 343. The maximum Gasteiger partial charge on any atom is 0.165 e. The van der Waals surface area contributed by atoms with Crippen LogP contribution in [0.1, 0.15) is 23.6 Å². The molecule has 2 N–H and O–H groups in total. The fourth-order valence-electron chi connectivity index (χ4n) is 1.63. The standard InChI is InChI=1S/C10H12FNO.ClH/c1-6-4-7-9(12)2-3-13-10(7)8(11)5-6;/h4-5,9H,2-3,12H2,1H3;1H/t9-;/m1./s1. The van der Waals surface area contributed by atoms with Gasteiger partial charge >= 0.3 is 0 Å². The van der Waals surface area contributed by atoms with Gasteiger partial charge in [0, 0.05) is 18.0 Å². The zero-order valence-corrected chi connectivity index (χ0v) is 8.73. The summed E-state index contributed by atoms with van der Waals surface area (Å²) in [6, 6.07) is 3.28. The van der Waals surface area contributed by atoms with Gasteiger partial charge in [-0.3, -0.25) is 0 Å². The molecule has 4 heteroatoms. The van der Waals surface area contributed by atoms with Crippen LogP contribution >= 0.6 is 12.4 Å². The largest absolute Gasteiger partial charge is 0.490 e. The Kier molecular flexibility index (Phi) is 3.34. The number of halogens is 2. The number of aryl methyl sites for hydroxylation is 1. The number of benzene rings is 1. The Balaban J connectivity index is 0.000000980. The fraction of sp³-hybridized carbons (Fsp3) is 0.400. The van der Waals surface area contributed by atoms with Crippen molar-refractivity contribution in [3.05, 3.63) is 29.1 Å². The lowest BCUT2D eigenvalue weighted by Gasteiger charge is -2.23. The molecule has 0 fully saturated rings. The number of hydrogen-bond acceptors (Lipinski definition) is 2. The molecule has 78 valence electrons. The first-order valence-electron chi connectivity index (χ1n) is 4.37. The zero-order chi connectivity index (χ0) is 9.42. The first kappa shape index (κ1) is 11.3. The summed E-state index contributed by atoms with van der Waals surface area (Å²) in [6.07, 6.45) is 0.760. The Morgan fingerprint density at radius 3 is 2.93 bits per heavy atom. The van der Waals surface area contributed by atoms with Gasteiger partial charge in [0.1, 0.15) is 0 Å². The molecular formula is C10H13ClFNO. The fourth-order valence-corrected chi connectivity index (χ4v) is 1.63. The summed E-state index contributed by atoms with van der Waals surface area (Å²) in [5.41, 5.74) is 7.52. The van der Waals surface area contributed by atoms with E-state index in [-0.39, 0.29) is 24.3 Å². The molecule has 0 spiro atoms. The second-order valence-electron chi connectivity index (χ2n) is 3.41. The molecule has 0 saturated carbocycles. The molecule has 1 atom stereocenters. The van der Waals surface area contributed by atoms with Crippen LogP contribution in [0.15, 0.2) is 12.1 Å². The first-order valence-corrected chi connectivity index (χ1v) is 4.37. The van der Waals surface area contributed by atoms with E-state index in [9.17, 15) is 4.39 Å². The van der Waals surface area contributed by atoms with Gasteiger partial charge in [-0.15, -0.1) is 12.4 Å². The van der Waals surface area contributed by atoms with E-state index in [1.165, 1.54) is 6.07 Å². The third kappa shape index (κ3) is 1.83. The van der Waals surface area contributed by atoms with Crippen molar-refractivity contribution >= 4 is 12.4 Å². The minimum atomic E-state index is -0.301. The normalized spacial score (nSPS) is 19.2. The molecule has 2 nitrogen and oxygen atoms in total. The SMILES string of the molecule is Cc1cc(F)c2c(c1)[C@H](N)CCO2.Cl. The molecule has 0 amide bonds. The predicted octanol–water partition coefficient (Wildman–Crippen LogP) is 2.34. The Labute approximate surface area is 88.7 Å². The van der Waals surface area contributed by atoms with Gasteiger partial charge in [0.05, 0.1) is 6.61 Å². The lowest BCUT2D eigenvalue weighted by Crippen LogP contribution is -2.21. The molecule has 14 heavy (non-hydrogen) atoms. The van der Waals surface area contributed by atoms with Crippen molar-refractivity contribution in [3.63, 3.8) is 0 Å². The maximum absolute atomic E-state index is 13.3. The molecule has 0 saturated heterocycles. The molecule has 2 rings (SSSR count). The summed E-state index contributed by atoms with van der Waals surface area (Å²) < 4.78 is 18.5. The summed E-state index contributed by atoms with van der Waals surface area (Å²) >= 11 is 0. The third-order valence-electron chi connectivity index (χ3n) is 2.29. The van der Waals surface area contributed by atoms with Crippen molar-refractivity contribution in [2.24, 2.45) is 5.73 Å². The summed E-state index contributed by atoms with van der Waals surface area (Å²) in [7, 11) is 0. The highest BCUT2D eigenvalue weighted by Crippen LogP contribution is 2.33. The number of hydrogen-bond donors (Lipinski definition) is 1. The number of nitrogens with two attached hydrogens (primary N) is 1. The van der Waals surface area contributed by atoms with Crippen LogP contribution in [0.3, 0.4) is 0 Å². The highest BCUT2D eigenvalue weighted by molar-refractivity contribution is 5.85. The molecule has 1 heterocycles. The lowest BCUT2D eigenvalue weighted by atomic mass is 9.99. The van der Waals surface area contributed by atoms with Gasteiger partial charge in [-0.05, 0) is 18.6 Å². The van der Waals surface area contributed by atoms with Gasteiger partial charge in [-0.1, -0.05) is 6.07 Å². The minimum Gasteiger partial charge on any atom is -0.490 e. The first-order chi connectivity index (χ1) is 6.18. The summed E-state index contributed by atoms with van der Waals surface area (Å²) in [5, 5.41) is 0. The van der Waals surface area contributed by atoms with Crippen LogP contribution < -0.4 is 10.5 Å². The molecule has 1 aromatic carbocycles. The van der Waals surface area contributed by atoms with Gasteiger partial charge in [-0.25, -0.2) is 4.39 Å². The van der Waals surface area contributed by atoms with E-state index in [2.05, 4.69) is 0 Å². The molecule has 0 aliphatic carbocycles. The van der Waals surface area contributed by atoms with E-state index in [1.54, 1.807) is 0 Å². The third-order valence-corrected chi connectivity index (χ3v) is 2.29. The molecule has 0 unspecified atom stereocenters. The molecular weight excluding hydrogens is 205 g/mol. The smallest absolute Gasteiger partial charge is 0.165 e. The van der Waals surface area contributed by atoms with Crippen LogP contribution in [0.2, 0.25) is 0 Å². The highest BCUT2D eigenvalue weighted by atomic mass is 35.5. The molecule has 1 aliphatic heterocycles. The maximum atomic E-state index is 13.3.